The van der Waals surface area contributed by atoms with E-state index < -0.39 is 18.2 Å². The van der Waals surface area contributed by atoms with Gasteiger partial charge in [-0.2, -0.15) is 13.9 Å². The minimum Gasteiger partial charge on any atom is -0.432 e. The summed E-state index contributed by atoms with van der Waals surface area (Å²) in [7, 11) is 1.83. The lowest BCUT2D eigenvalue weighted by molar-refractivity contribution is -0.0521. The molecule has 7 heteroatoms. The highest BCUT2D eigenvalue weighted by molar-refractivity contribution is 5.47. The lowest BCUT2D eigenvalue weighted by atomic mass is 10.2. The van der Waals surface area contributed by atoms with Crippen LogP contribution in [0.3, 0.4) is 0 Å². The zero-order valence-electron chi connectivity index (χ0n) is 11.0. The standard InChI is InChI=1S/C13H14F3N3O/c1-8-9(7-18-19(8)2)6-17-10-3-4-12(11(14)5-10)20-13(15)16/h3-5,7,13,17H,6H2,1-2H3. The van der Waals surface area contributed by atoms with Crippen molar-refractivity contribution in [1.29, 1.82) is 0 Å². The molecule has 108 valence electrons. The van der Waals surface area contributed by atoms with Crippen molar-refractivity contribution in [1.82, 2.24) is 9.78 Å². The predicted molar refractivity (Wildman–Crippen MR) is 68.3 cm³/mol. The first kappa shape index (κ1) is 14.2. The van der Waals surface area contributed by atoms with Crippen LogP contribution in [0.15, 0.2) is 24.4 Å². The molecule has 1 N–H and O–H groups in total. The number of halogens is 3. The molecular weight excluding hydrogens is 271 g/mol. The minimum atomic E-state index is -3.04. The van der Waals surface area contributed by atoms with Crippen LogP contribution in [-0.2, 0) is 13.6 Å². The maximum Gasteiger partial charge on any atom is 0.387 e. The highest BCUT2D eigenvalue weighted by atomic mass is 19.3. The molecule has 1 heterocycles. The number of ether oxygens (including phenoxy) is 1. The summed E-state index contributed by atoms with van der Waals surface area (Å²) in [6.45, 7) is -0.653. The van der Waals surface area contributed by atoms with Gasteiger partial charge in [0.15, 0.2) is 11.6 Å². The van der Waals surface area contributed by atoms with Crippen molar-refractivity contribution in [3.05, 3.63) is 41.5 Å². The average molecular weight is 285 g/mol. The Morgan fingerprint density at radius 2 is 2.15 bits per heavy atom. The maximum absolute atomic E-state index is 13.5. The number of nitrogens with one attached hydrogen (secondary N) is 1. The molecule has 0 aliphatic rings. The van der Waals surface area contributed by atoms with Crippen LogP contribution in [-0.4, -0.2) is 16.4 Å². The van der Waals surface area contributed by atoms with E-state index in [9.17, 15) is 13.2 Å². The van der Waals surface area contributed by atoms with E-state index in [2.05, 4.69) is 15.2 Å². The second-order valence-corrected chi connectivity index (χ2v) is 4.26. The van der Waals surface area contributed by atoms with Crippen molar-refractivity contribution in [2.75, 3.05) is 5.32 Å². The van der Waals surface area contributed by atoms with E-state index in [-0.39, 0.29) is 0 Å². The van der Waals surface area contributed by atoms with E-state index in [1.807, 2.05) is 14.0 Å². The summed E-state index contributed by atoms with van der Waals surface area (Å²) in [4.78, 5) is 0. The molecule has 0 bridgehead atoms. The Morgan fingerprint density at radius 3 is 2.70 bits per heavy atom. The van der Waals surface area contributed by atoms with E-state index in [0.29, 0.717) is 12.2 Å². The molecule has 0 amide bonds. The lowest BCUT2D eigenvalue weighted by Gasteiger charge is -2.09. The molecule has 4 nitrogen and oxygen atoms in total. The largest absolute Gasteiger partial charge is 0.432 e. The van der Waals surface area contributed by atoms with E-state index in [1.165, 1.54) is 12.1 Å². The molecule has 1 aromatic carbocycles. The van der Waals surface area contributed by atoms with Gasteiger partial charge in [-0.3, -0.25) is 4.68 Å². The van der Waals surface area contributed by atoms with E-state index in [4.69, 9.17) is 0 Å². The number of aryl methyl sites for hydroxylation is 1. The van der Waals surface area contributed by atoms with E-state index in [0.717, 1.165) is 17.3 Å². The fourth-order valence-corrected chi connectivity index (χ4v) is 1.72. The van der Waals surface area contributed by atoms with Gasteiger partial charge in [-0.25, -0.2) is 4.39 Å². The number of hydrogen-bond acceptors (Lipinski definition) is 3. The van der Waals surface area contributed by atoms with Gasteiger partial charge in [0, 0.05) is 36.6 Å². The predicted octanol–water partition coefficient (Wildman–Crippen LogP) is 3.08. The van der Waals surface area contributed by atoms with Crippen LogP contribution < -0.4 is 10.1 Å². The first-order valence-corrected chi connectivity index (χ1v) is 5.93. The molecule has 0 radical (unpaired) electrons. The zero-order valence-corrected chi connectivity index (χ0v) is 11.0. The Bertz CT molecular complexity index is 599. The van der Waals surface area contributed by atoms with Gasteiger partial charge in [0.2, 0.25) is 0 Å². The second kappa shape index (κ2) is 5.85. The first-order valence-electron chi connectivity index (χ1n) is 5.93. The topological polar surface area (TPSA) is 39.1 Å². The Morgan fingerprint density at radius 1 is 1.40 bits per heavy atom. The van der Waals surface area contributed by atoms with Gasteiger partial charge in [0.05, 0.1) is 6.20 Å². The van der Waals surface area contributed by atoms with Gasteiger partial charge in [0.25, 0.3) is 0 Å². The number of anilines is 1. The molecule has 0 aliphatic heterocycles. The fourth-order valence-electron chi connectivity index (χ4n) is 1.72. The summed E-state index contributed by atoms with van der Waals surface area (Å²) < 4.78 is 43.3. The van der Waals surface area contributed by atoms with E-state index in [1.54, 1.807) is 10.9 Å². The fraction of sp³-hybridized carbons (Fsp3) is 0.308. The third kappa shape index (κ3) is 3.23. The zero-order chi connectivity index (χ0) is 14.7. The summed E-state index contributed by atoms with van der Waals surface area (Å²) in [5.74, 6) is -1.30. The normalized spacial score (nSPS) is 10.9. The summed E-state index contributed by atoms with van der Waals surface area (Å²) >= 11 is 0. The number of benzene rings is 1. The molecule has 2 aromatic rings. The van der Waals surface area contributed by atoms with Crippen LogP contribution in [0.1, 0.15) is 11.3 Å². The van der Waals surface area contributed by atoms with Crippen LogP contribution in [0.2, 0.25) is 0 Å². The van der Waals surface area contributed by atoms with Gasteiger partial charge in [-0.15, -0.1) is 0 Å². The summed E-state index contributed by atoms with van der Waals surface area (Å²) in [5, 5.41) is 7.09. The molecule has 0 saturated heterocycles. The maximum atomic E-state index is 13.5. The van der Waals surface area contributed by atoms with Crippen LogP contribution >= 0.6 is 0 Å². The molecule has 2 rings (SSSR count). The Balaban J connectivity index is 2.03. The highest BCUT2D eigenvalue weighted by Gasteiger charge is 2.10. The summed E-state index contributed by atoms with van der Waals surface area (Å²) in [5.41, 5.74) is 2.45. The molecule has 20 heavy (non-hydrogen) atoms. The molecule has 0 saturated carbocycles. The molecule has 0 unspecified atom stereocenters. The minimum absolute atomic E-state index is 0.466. The first-order chi connectivity index (χ1) is 9.47. The van der Waals surface area contributed by atoms with Gasteiger partial charge < -0.3 is 10.1 Å². The average Bonchev–Trinajstić information content (AvgIpc) is 2.70. The summed E-state index contributed by atoms with van der Waals surface area (Å²) in [6.07, 6.45) is 1.72. The van der Waals surface area contributed by atoms with Crippen LogP contribution in [0, 0.1) is 12.7 Å². The van der Waals surface area contributed by atoms with Crippen molar-refractivity contribution < 1.29 is 17.9 Å². The van der Waals surface area contributed by atoms with Crippen molar-refractivity contribution in [3.8, 4) is 5.75 Å². The van der Waals surface area contributed by atoms with E-state index >= 15 is 0 Å². The number of aromatic nitrogens is 2. The number of hydrogen-bond donors (Lipinski definition) is 1. The van der Waals surface area contributed by atoms with Gasteiger partial charge >= 0.3 is 6.61 Å². The molecule has 0 fully saturated rings. The molecule has 0 aliphatic carbocycles. The lowest BCUT2D eigenvalue weighted by Crippen LogP contribution is -2.05. The molecule has 0 spiro atoms. The Kier molecular flexibility index (Phi) is 4.16. The van der Waals surface area contributed by atoms with Gasteiger partial charge in [0.1, 0.15) is 0 Å². The second-order valence-electron chi connectivity index (χ2n) is 4.26. The van der Waals surface area contributed by atoms with Gasteiger partial charge in [-0.05, 0) is 19.1 Å². The van der Waals surface area contributed by atoms with Crippen LogP contribution in [0.4, 0.5) is 18.9 Å². The van der Waals surface area contributed by atoms with Crippen molar-refractivity contribution in [2.24, 2.45) is 7.05 Å². The third-order valence-corrected chi connectivity index (χ3v) is 2.97. The van der Waals surface area contributed by atoms with Crippen LogP contribution in [0.25, 0.3) is 0 Å². The summed E-state index contributed by atoms with van der Waals surface area (Å²) in [6, 6.07) is 3.76. The van der Waals surface area contributed by atoms with Crippen molar-refractivity contribution in [3.63, 3.8) is 0 Å². The quantitative estimate of drug-likeness (QED) is 0.917. The molecule has 0 atom stereocenters. The number of alkyl halides is 2. The number of nitrogens with zero attached hydrogens (tertiary/aromatic N) is 2. The molecular formula is C13H14F3N3O. The SMILES string of the molecule is Cc1c(CNc2ccc(OC(F)F)c(F)c2)cnn1C. The van der Waals surface area contributed by atoms with Crippen LogP contribution in [0.5, 0.6) is 5.75 Å². The monoisotopic (exact) mass is 285 g/mol. The molecule has 1 aromatic heterocycles. The number of rotatable bonds is 5. The Labute approximate surface area is 114 Å². The third-order valence-electron chi connectivity index (χ3n) is 2.97. The van der Waals surface area contributed by atoms with Gasteiger partial charge in [-0.1, -0.05) is 0 Å². The smallest absolute Gasteiger partial charge is 0.387 e. The van der Waals surface area contributed by atoms with Crippen molar-refractivity contribution in [2.45, 2.75) is 20.1 Å². The van der Waals surface area contributed by atoms with Crippen molar-refractivity contribution >= 4 is 5.69 Å². The Hall–Kier alpha value is -2.18. The highest BCUT2D eigenvalue weighted by Crippen LogP contribution is 2.23.